The summed E-state index contributed by atoms with van der Waals surface area (Å²) in [6.07, 6.45) is 0.696. The molecule has 0 saturated carbocycles. The van der Waals surface area contributed by atoms with Gasteiger partial charge in [0.25, 0.3) is 10.0 Å². The molecule has 0 aromatic heterocycles. The lowest BCUT2D eigenvalue weighted by Crippen LogP contribution is -2.52. The SMILES string of the molecule is CC[C@H](C)NC(=O)[C@@H](C)N(Cc1ccc(F)cc1)C(=O)CN(c1ccc(C)cc1)S(=O)(=O)c1ccc(OC)c(Br)c1. The van der Waals surface area contributed by atoms with Crippen molar-refractivity contribution in [3.05, 3.63) is 88.1 Å². The molecule has 0 heterocycles. The third-order valence-corrected chi connectivity index (χ3v) is 9.14. The highest BCUT2D eigenvalue weighted by Gasteiger charge is 2.33. The molecular formula is C30H35BrFN3O5S. The van der Waals surface area contributed by atoms with Gasteiger partial charge >= 0.3 is 0 Å². The zero-order valence-corrected chi connectivity index (χ0v) is 26.1. The Morgan fingerprint density at radius 2 is 1.66 bits per heavy atom. The van der Waals surface area contributed by atoms with E-state index in [-0.39, 0.29) is 29.1 Å². The zero-order valence-electron chi connectivity index (χ0n) is 23.7. The van der Waals surface area contributed by atoms with Crippen LogP contribution in [0.15, 0.2) is 76.1 Å². The molecule has 0 aliphatic carbocycles. The Morgan fingerprint density at radius 3 is 2.22 bits per heavy atom. The summed E-state index contributed by atoms with van der Waals surface area (Å²) in [7, 11) is -2.77. The molecule has 2 atom stereocenters. The van der Waals surface area contributed by atoms with Crippen molar-refractivity contribution >= 4 is 43.5 Å². The average Bonchev–Trinajstić information content (AvgIpc) is 2.95. The quantitative estimate of drug-likeness (QED) is 0.283. The molecule has 0 unspecified atom stereocenters. The molecule has 220 valence electrons. The van der Waals surface area contributed by atoms with Gasteiger partial charge in [0.15, 0.2) is 0 Å². The highest BCUT2D eigenvalue weighted by molar-refractivity contribution is 9.10. The molecule has 3 aromatic rings. The van der Waals surface area contributed by atoms with Crippen LogP contribution in [-0.2, 0) is 26.2 Å². The van der Waals surface area contributed by atoms with Gasteiger partial charge in [0, 0.05) is 12.6 Å². The second kappa shape index (κ2) is 14.0. The van der Waals surface area contributed by atoms with Gasteiger partial charge in [0.2, 0.25) is 11.8 Å². The highest BCUT2D eigenvalue weighted by atomic mass is 79.9. The Bertz CT molecular complexity index is 1470. The number of carbonyl (C=O) groups is 2. The van der Waals surface area contributed by atoms with Crippen LogP contribution in [0.1, 0.15) is 38.3 Å². The molecule has 3 aromatic carbocycles. The lowest BCUT2D eigenvalue weighted by Gasteiger charge is -2.32. The summed E-state index contributed by atoms with van der Waals surface area (Å²) in [5.41, 5.74) is 1.79. The summed E-state index contributed by atoms with van der Waals surface area (Å²) < 4.78 is 48.2. The van der Waals surface area contributed by atoms with Crippen molar-refractivity contribution in [3.8, 4) is 5.75 Å². The van der Waals surface area contributed by atoms with Crippen molar-refractivity contribution in [2.45, 2.75) is 57.6 Å². The first-order valence-electron chi connectivity index (χ1n) is 13.1. The lowest BCUT2D eigenvalue weighted by molar-refractivity contribution is -0.139. The molecule has 0 aliphatic heterocycles. The minimum atomic E-state index is -4.24. The monoisotopic (exact) mass is 647 g/mol. The fourth-order valence-corrected chi connectivity index (χ4v) is 6.14. The van der Waals surface area contributed by atoms with Crippen molar-refractivity contribution in [3.63, 3.8) is 0 Å². The summed E-state index contributed by atoms with van der Waals surface area (Å²) in [5.74, 6) is -0.957. The van der Waals surface area contributed by atoms with Gasteiger partial charge in [-0.15, -0.1) is 0 Å². The van der Waals surface area contributed by atoms with Gasteiger partial charge in [0.1, 0.15) is 24.2 Å². The fraction of sp³-hybridized carbons (Fsp3) is 0.333. The second-order valence-corrected chi connectivity index (χ2v) is 12.5. The number of carbonyl (C=O) groups excluding carboxylic acids is 2. The Hall–Kier alpha value is -3.44. The van der Waals surface area contributed by atoms with E-state index in [9.17, 15) is 22.4 Å². The molecule has 41 heavy (non-hydrogen) atoms. The summed E-state index contributed by atoms with van der Waals surface area (Å²) in [5, 5.41) is 2.88. The molecule has 11 heteroatoms. The molecule has 2 amide bonds. The van der Waals surface area contributed by atoms with Crippen molar-refractivity contribution < 1.29 is 27.1 Å². The molecule has 0 bridgehead atoms. The number of rotatable bonds is 12. The number of amides is 2. The molecule has 3 rings (SSSR count). The van der Waals surface area contributed by atoms with Gasteiger partial charge in [-0.25, -0.2) is 12.8 Å². The number of nitrogens with one attached hydrogen (secondary N) is 1. The summed E-state index contributed by atoms with van der Waals surface area (Å²) in [6, 6.07) is 15.6. The first-order valence-corrected chi connectivity index (χ1v) is 15.4. The van der Waals surface area contributed by atoms with Gasteiger partial charge in [0.05, 0.1) is 22.2 Å². The predicted molar refractivity (Wildman–Crippen MR) is 161 cm³/mol. The van der Waals surface area contributed by atoms with Crippen molar-refractivity contribution in [1.29, 1.82) is 0 Å². The summed E-state index contributed by atoms with van der Waals surface area (Å²) in [6.45, 7) is 6.65. The number of nitrogens with zero attached hydrogens (tertiary/aromatic N) is 2. The normalized spacial score (nSPS) is 12.8. The number of hydrogen-bond donors (Lipinski definition) is 1. The molecule has 0 saturated heterocycles. The number of aryl methyl sites for hydroxylation is 1. The van der Waals surface area contributed by atoms with Crippen LogP contribution in [-0.4, -0.2) is 50.9 Å². The second-order valence-electron chi connectivity index (χ2n) is 9.79. The topological polar surface area (TPSA) is 96.0 Å². The maximum Gasteiger partial charge on any atom is 0.264 e. The number of sulfonamides is 1. The number of ether oxygens (including phenoxy) is 1. The van der Waals surface area contributed by atoms with Crippen LogP contribution in [0.4, 0.5) is 10.1 Å². The van der Waals surface area contributed by atoms with Gasteiger partial charge in [-0.1, -0.05) is 36.8 Å². The first kappa shape index (κ1) is 32.1. The molecule has 0 fully saturated rings. The number of methoxy groups -OCH3 is 1. The van der Waals surface area contributed by atoms with E-state index in [1.807, 2.05) is 20.8 Å². The third kappa shape index (κ3) is 8.07. The van der Waals surface area contributed by atoms with Crippen LogP contribution >= 0.6 is 15.9 Å². The predicted octanol–water partition coefficient (Wildman–Crippen LogP) is 5.43. The fourth-order valence-electron chi connectivity index (χ4n) is 4.01. The van der Waals surface area contributed by atoms with Crippen molar-refractivity contribution in [2.75, 3.05) is 18.0 Å². The van der Waals surface area contributed by atoms with Crippen molar-refractivity contribution in [2.24, 2.45) is 0 Å². The van der Waals surface area contributed by atoms with Gasteiger partial charge in [-0.2, -0.15) is 0 Å². The minimum Gasteiger partial charge on any atom is -0.496 e. The van der Waals surface area contributed by atoms with E-state index in [1.54, 1.807) is 31.2 Å². The highest BCUT2D eigenvalue weighted by Crippen LogP contribution is 2.31. The third-order valence-electron chi connectivity index (χ3n) is 6.75. The van der Waals surface area contributed by atoms with E-state index >= 15 is 0 Å². The Kier molecular flexibility index (Phi) is 10.9. The maximum atomic E-state index is 14.0. The maximum absolute atomic E-state index is 14.0. The smallest absolute Gasteiger partial charge is 0.264 e. The zero-order chi connectivity index (χ0) is 30.3. The molecule has 1 N–H and O–H groups in total. The first-order chi connectivity index (χ1) is 19.4. The molecule has 0 radical (unpaired) electrons. The van der Waals surface area contributed by atoms with Gasteiger partial charge in [-0.05, 0) is 91.1 Å². The van der Waals surface area contributed by atoms with Gasteiger partial charge < -0.3 is 15.0 Å². The van der Waals surface area contributed by atoms with Crippen LogP contribution in [0.3, 0.4) is 0 Å². The Labute approximate surface area is 249 Å². The largest absolute Gasteiger partial charge is 0.496 e. The van der Waals surface area contributed by atoms with E-state index < -0.39 is 34.3 Å². The van der Waals surface area contributed by atoms with Crippen molar-refractivity contribution in [1.82, 2.24) is 10.2 Å². The number of benzene rings is 3. The van der Waals surface area contributed by atoms with Crippen LogP contribution in [0.25, 0.3) is 0 Å². The molecule has 0 aliphatic rings. The average molecular weight is 649 g/mol. The van der Waals surface area contributed by atoms with E-state index in [0.717, 1.165) is 9.87 Å². The van der Waals surface area contributed by atoms with Crippen LogP contribution < -0.4 is 14.4 Å². The van der Waals surface area contributed by atoms with E-state index in [2.05, 4.69) is 21.2 Å². The summed E-state index contributed by atoms with van der Waals surface area (Å²) in [4.78, 5) is 28.3. The van der Waals surface area contributed by atoms with E-state index in [1.165, 1.54) is 54.5 Å². The van der Waals surface area contributed by atoms with Crippen LogP contribution in [0.5, 0.6) is 5.75 Å². The molecule has 0 spiro atoms. The molecular weight excluding hydrogens is 613 g/mol. The Morgan fingerprint density at radius 1 is 1.02 bits per heavy atom. The van der Waals surface area contributed by atoms with E-state index in [4.69, 9.17) is 4.74 Å². The van der Waals surface area contributed by atoms with Gasteiger partial charge in [-0.3, -0.25) is 13.9 Å². The van der Waals surface area contributed by atoms with Crippen LogP contribution in [0.2, 0.25) is 0 Å². The van der Waals surface area contributed by atoms with E-state index in [0.29, 0.717) is 22.2 Å². The number of anilines is 1. The number of hydrogen-bond acceptors (Lipinski definition) is 5. The lowest BCUT2D eigenvalue weighted by atomic mass is 10.1. The Balaban J connectivity index is 2.04. The number of halogens is 2. The summed E-state index contributed by atoms with van der Waals surface area (Å²) >= 11 is 3.34. The van der Waals surface area contributed by atoms with Crippen LogP contribution in [0, 0.1) is 12.7 Å². The standard InChI is InChI=1S/C30H35BrFN3O5S/c1-6-21(3)33-30(37)22(4)34(18-23-9-11-24(32)12-10-23)29(36)19-35(25-13-7-20(2)8-14-25)41(38,39)26-15-16-28(40-5)27(31)17-26/h7-17,21-22H,6,18-19H2,1-5H3,(H,33,37)/t21-,22+/m0/s1. The minimum absolute atomic E-state index is 0.0237. The molecule has 8 nitrogen and oxygen atoms in total.